The maximum atomic E-state index is 11.2. The number of thiophene rings is 1. The first-order valence-corrected chi connectivity index (χ1v) is 8.02. The highest BCUT2D eigenvalue weighted by atomic mass is 32.2. The second-order valence-corrected chi connectivity index (χ2v) is 6.57. The van der Waals surface area contributed by atoms with Crippen LogP contribution in [0.1, 0.15) is 29.1 Å². The molecule has 0 amide bonds. The summed E-state index contributed by atoms with van der Waals surface area (Å²) in [4.78, 5) is 20.7. The summed E-state index contributed by atoms with van der Waals surface area (Å²) in [7, 11) is 0. The van der Waals surface area contributed by atoms with Crippen LogP contribution in [0, 0.1) is 6.92 Å². The van der Waals surface area contributed by atoms with Crippen molar-refractivity contribution in [2.24, 2.45) is 0 Å². The van der Waals surface area contributed by atoms with E-state index in [1.54, 1.807) is 18.7 Å². The maximum absolute atomic E-state index is 11.2. The summed E-state index contributed by atoms with van der Waals surface area (Å²) in [6.45, 7) is 6.44. The summed E-state index contributed by atoms with van der Waals surface area (Å²) in [6.07, 6.45) is 1.69. The van der Waals surface area contributed by atoms with E-state index in [1.807, 2.05) is 13.8 Å². The van der Waals surface area contributed by atoms with Crippen LogP contribution in [-0.2, 0) is 4.74 Å². The van der Waals surface area contributed by atoms with Crippen LogP contribution in [0.15, 0.2) is 11.4 Å². The van der Waals surface area contributed by atoms with Crippen molar-refractivity contribution >= 4 is 39.3 Å². The molecule has 0 aliphatic carbocycles. The van der Waals surface area contributed by atoms with Crippen LogP contribution in [0.2, 0.25) is 0 Å². The zero-order chi connectivity index (χ0) is 14.7. The highest BCUT2D eigenvalue weighted by Crippen LogP contribution is 2.34. The molecule has 0 unspecified atom stereocenters. The number of aromatic nitrogens is 2. The lowest BCUT2D eigenvalue weighted by atomic mass is 10.2. The van der Waals surface area contributed by atoms with Crippen LogP contribution in [0.4, 0.5) is 0 Å². The fourth-order valence-corrected chi connectivity index (χ4v) is 3.72. The van der Waals surface area contributed by atoms with Gasteiger partial charge in [0.2, 0.25) is 0 Å². The first-order valence-electron chi connectivity index (χ1n) is 6.22. The summed E-state index contributed by atoms with van der Waals surface area (Å²) in [5, 5.41) is 10.8. The van der Waals surface area contributed by atoms with Crippen molar-refractivity contribution in [3.63, 3.8) is 0 Å². The molecule has 1 N–H and O–H groups in total. The molecule has 0 aliphatic rings. The minimum absolute atomic E-state index is 0.211. The van der Waals surface area contributed by atoms with Crippen molar-refractivity contribution in [2.75, 3.05) is 12.4 Å². The molecule has 0 bridgehead atoms. The standard InChI is InChI=1S/C13H16N2O3S2/c1-7(2)18-4-5-19-11-9-8(3)10(13(16)17)20-12(9)15-6-14-11/h6-7H,4-5H2,1-3H3,(H,16,17). The largest absolute Gasteiger partial charge is 0.477 e. The van der Waals surface area contributed by atoms with Gasteiger partial charge in [-0.3, -0.25) is 0 Å². The molecule has 2 heterocycles. The Labute approximate surface area is 125 Å². The zero-order valence-electron chi connectivity index (χ0n) is 11.5. The number of hydrogen-bond acceptors (Lipinski definition) is 6. The van der Waals surface area contributed by atoms with E-state index in [0.29, 0.717) is 11.5 Å². The van der Waals surface area contributed by atoms with Crippen LogP contribution in [-0.4, -0.2) is 39.5 Å². The number of aromatic carboxylic acids is 1. The zero-order valence-corrected chi connectivity index (χ0v) is 13.2. The van der Waals surface area contributed by atoms with Gasteiger partial charge < -0.3 is 9.84 Å². The lowest BCUT2D eigenvalue weighted by Gasteiger charge is -2.07. The average Bonchev–Trinajstić information content (AvgIpc) is 2.73. The van der Waals surface area contributed by atoms with Crippen LogP contribution in [0.5, 0.6) is 0 Å². The second-order valence-electron chi connectivity index (χ2n) is 4.49. The quantitative estimate of drug-likeness (QED) is 0.501. The molecule has 0 aromatic carbocycles. The molecule has 0 spiro atoms. The molecule has 2 aromatic rings. The minimum atomic E-state index is -0.912. The van der Waals surface area contributed by atoms with Crippen molar-refractivity contribution in [1.82, 2.24) is 9.97 Å². The third kappa shape index (κ3) is 3.28. The molecule has 0 saturated heterocycles. The van der Waals surface area contributed by atoms with Crippen molar-refractivity contribution in [3.8, 4) is 0 Å². The Balaban J connectivity index is 2.23. The predicted octanol–water partition coefficient (Wildman–Crippen LogP) is 3.22. The molecule has 20 heavy (non-hydrogen) atoms. The van der Waals surface area contributed by atoms with Gasteiger partial charge in [0, 0.05) is 11.1 Å². The summed E-state index contributed by atoms with van der Waals surface area (Å²) in [6, 6.07) is 0. The molecule has 0 aliphatic heterocycles. The summed E-state index contributed by atoms with van der Waals surface area (Å²) < 4.78 is 5.49. The van der Waals surface area contributed by atoms with E-state index >= 15 is 0 Å². The second kappa shape index (κ2) is 6.51. The van der Waals surface area contributed by atoms with E-state index in [0.717, 1.165) is 26.6 Å². The number of rotatable bonds is 6. The first kappa shape index (κ1) is 15.2. The Bertz CT molecular complexity index is 625. The Morgan fingerprint density at radius 3 is 2.90 bits per heavy atom. The highest BCUT2D eigenvalue weighted by Gasteiger charge is 2.18. The number of aryl methyl sites for hydroxylation is 1. The van der Waals surface area contributed by atoms with Crippen LogP contribution < -0.4 is 0 Å². The molecule has 0 fully saturated rings. The van der Waals surface area contributed by atoms with Gasteiger partial charge >= 0.3 is 5.97 Å². The molecule has 2 aromatic heterocycles. The van der Waals surface area contributed by atoms with Gasteiger partial charge in [-0.25, -0.2) is 14.8 Å². The summed E-state index contributed by atoms with van der Waals surface area (Å²) >= 11 is 2.76. The van der Waals surface area contributed by atoms with Crippen LogP contribution in [0.25, 0.3) is 10.2 Å². The Morgan fingerprint density at radius 1 is 1.50 bits per heavy atom. The molecule has 2 rings (SSSR count). The summed E-state index contributed by atoms with van der Waals surface area (Å²) in [5.74, 6) is -0.133. The van der Waals surface area contributed by atoms with E-state index in [2.05, 4.69) is 9.97 Å². The third-order valence-corrected chi connectivity index (χ3v) is 4.80. The molecule has 0 atom stereocenters. The van der Waals surface area contributed by atoms with Gasteiger partial charge in [0.15, 0.2) is 0 Å². The average molecular weight is 312 g/mol. The van der Waals surface area contributed by atoms with Crippen LogP contribution >= 0.6 is 23.1 Å². The fraction of sp³-hybridized carbons (Fsp3) is 0.462. The Kier molecular flexibility index (Phi) is 4.95. The minimum Gasteiger partial charge on any atom is -0.477 e. The monoisotopic (exact) mass is 312 g/mol. The van der Waals surface area contributed by atoms with Gasteiger partial charge in [-0.1, -0.05) is 0 Å². The normalized spacial score (nSPS) is 11.4. The number of ether oxygens (including phenoxy) is 1. The molecule has 5 nitrogen and oxygen atoms in total. The number of hydrogen-bond donors (Lipinski definition) is 1. The fourth-order valence-electron chi connectivity index (χ4n) is 1.77. The molecular formula is C13H16N2O3S2. The molecule has 7 heteroatoms. The van der Waals surface area contributed by atoms with Crippen molar-refractivity contribution < 1.29 is 14.6 Å². The highest BCUT2D eigenvalue weighted by molar-refractivity contribution is 7.99. The number of fused-ring (bicyclic) bond motifs is 1. The van der Waals surface area contributed by atoms with Gasteiger partial charge in [-0.2, -0.15) is 0 Å². The van der Waals surface area contributed by atoms with Gasteiger partial charge in [0.1, 0.15) is 21.1 Å². The van der Waals surface area contributed by atoms with Gasteiger partial charge in [-0.05, 0) is 26.3 Å². The van der Waals surface area contributed by atoms with E-state index in [-0.39, 0.29) is 6.10 Å². The van der Waals surface area contributed by atoms with Gasteiger partial charge in [-0.15, -0.1) is 23.1 Å². The number of thioether (sulfide) groups is 1. The number of carbonyl (C=O) groups is 1. The van der Waals surface area contributed by atoms with Gasteiger partial charge in [0.25, 0.3) is 0 Å². The lowest BCUT2D eigenvalue weighted by Crippen LogP contribution is -2.05. The van der Waals surface area contributed by atoms with E-state index in [4.69, 9.17) is 9.84 Å². The SMILES string of the molecule is Cc1c(C(=O)O)sc2ncnc(SCCOC(C)C)c12. The smallest absolute Gasteiger partial charge is 0.346 e. The topological polar surface area (TPSA) is 72.3 Å². The number of carboxylic acids is 1. The van der Waals surface area contributed by atoms with E-state index in [9.17, 15) is 4.79 Å². The number of carboxylic acid groups (broad SMARTS) is 1. The van der Waals surface area contributed by atoms with Gasteiger partial charge in [0.05, 0.1) is 12.7 Å². The Hall–Kier alpha value is -1.18. The van der Waals surface area contributed by atoms with Crippen molar-refractivity contribution in [2.45, 2.75) is 31.9 Å². The van der Waals surface area contributed by atoms with Crippen molar-refractivity contribution in [1.29, 1.82) is 0 Å². The maximum Gasteiger partial charge on any atom is 0.346 e. The van der Waals surface area contributed by atoms with E-state index in [1.165, 1.54) is 17.7 Å². The van der Waals surface area contributed by atoms with Crippen LogP contribution in [0.3, 0.4) is 0 Å². The summed E-state index contributed by atoms with van der Waals surface area (Å²) in [5.41, 5.74) is 0.741. The molecule has 108 valence electrons. The molecule has 0 saturated carbocycles. The predicted molar refractivity (Wildman–Crippen MR) is 80.9 cm³/mol. The molecule has 0 radical (unpaired) electrons. The lowest BCUT2D eigenvalue weighted by molar-refractivity contribution is 0.0701. The Morgan fingerprint density at radius 2 is 2.25 bits per heavy atom. The van der Waals surface area contributed by atoms with E-state index < -0.39 is 5.97 Å². The first-order chi connectivity index (χ1) is 9.50. The van der Waals surface area contributed by atoms with Crippen molar-refractivity contribution in [3.05, 3.63) is 16.8 Å². The molecular weight excluding hydrogens is 296 g/mol. The number of nitrogens with zero attached hydrogens (tertiary/aromatic N) is 2. The third-order valence-electron chi connectivity index (χ3n) is 2.66.